The Bertz CT molecular complexity index is 819. The molecule has 3 aromatic carbocycles. The maximum absolute atomic E-state index is 11.4. The summed E-state index contributed by atoms with van der Waals surface area (Å²) in [6.45, 7) is 0. The Morgan fingerprint density at radius 2 is 1.70 bits per heavy atom. The molecule has 116 valence electrons. The second-order valence-electron chi connectivity index (χ2n) is 5.63. The van der Waals surface area contributed by atoms with E-state index in [9.17, 15) is 4.79 Å². The highest BCUT2D eigenvalue weighted by Crippen LogP contribution is 2.29. The molecule has 1 atom stereocenters. The average molecular weight is 304 g/mol. The van der Waals surface area contributed by atoms with E-state index < -0.39 is 0 Å². The van der Waals surface area contributed by atoms with Crippen LogP contribution in [0.15, 0.2) is 66.7 Å². The Morgan fingerprint density at radius 1 is 1.00 bits per heavy atom. The summed E-state index contributed by atoms with van der Waals surface area (Å²) in [6.07, 6.45) is 0.296. The van der Waals surface area contributed by atoms with Gasteiger partial charge in [-0.3, -0.25) is 4.79 Å². The molecule has 23 heavy (non-hydrogen) atoms. The van der Waals surface area contributed by atoms with Gasteiger partial charge in [0, 0.05) is 19.5 Å². The number of benzene rings is 3. The van der Waals surface area contributed by atoms with E-state index in [1.165, 1.54) is 16.3 Å². The topological polar surface area (TPSA) is 55.1 Å². The lowest BCUT2D eigenvalue weighted by Gasteiger charge is -2.12. The number of amides is 1. The fourth-order valence-electron chi connectivity index (χ4n) is 2.81. The lowest BCUT2D eigenvalue weighted by molar-refractivity contribution is -0.120. The first kappa shape index (κ1) is 15.3. The lowest BCUT2D eigenvalue weighted by atomic mass is 9.96. The summed E-state index contributed by atoms with van der Waals surface area (Å²) in [6, 6.07) is 22.5. The van der Waals surface area contributed by atoms with Crippen LogP contribution in [0.3, 0.4) is 0 Å². The van der Waals surface area contributed by atoms with Crippen molar-refractivity contribution in [1.82, 2.24) is 5.32 Å². The van der Waals surface area contributed by atoms with E-state index in [4.69, 9.17) is 5.73 Å². The van der Waals surface area contributed by atoms with Gasteiger partial charge in [-0.05, 0) is 27.5 Å². The van der Waals surface area contributed by atoms with Crippen LogP contribution in [0.5, 0.6) is 0 Å². The number of carbonyl (C=O) groups excluding carboxylic acids is 1. The number of hydrogen-bond donors (Lipinski definition) is 2. The van der Waals surface area contributed by atoms with Gasteiger partial charge in [0.1, 0.15) is 0 Å². The second kappa shape index (κ2) is 6.63. The number of rotatable bonds is 4. The fourth-order valence-corrected chi connectivity index (χ4v) is 2.81. The molecule has 0 saturated heterocycles. The summed E-state index contributed by atoms with van der Waals surface area (Å²) in [4.78, 5) is 11.4. The molecule has 3 nitrogen and oxygen atoms in total. The molecule has 1 amide bonds. The van der Waals surface area contributed by atoms with Crippen molar-refractivity contribution in [2.24, 2.45) is 5.73 Å². The highest BCUT2D eigenvalue weighted by atomic mass is 16.1. The van der Waals surface area contributed by atoms with Crippen LogP contribution in [0.1, 0.15) is 18.0 Å². The van der Waals surface area contributed by atoms with E-state index in [1.807, 2.05) is 18.2 Å². The van der Waals surface area contributed by atoms with Gasteiger partial charge in [-0.15, -0.1) is 0 Å². The van der Waals surface area contributed by atoms with E-state index in [2.05, 4.69) is 53.8 Å². The van der Waals surface area contributed by atoms with Gasteiger partial charge in [0.15, 0.2) is 0 Å². The molecule has 0 aliphatic rings. The maximum atomic E-state index is 11.4. The molecule has 0 heterocycles. The summed E-state index contributed by atoms with van der Waals surface area (Å²) < 4.78 is 0. The van der Waals surface area contributed by atoms with Crippen molar-refractivity contribution in [3.05, 3.63) is 72.3 Å². The highest BCUT2D eigenvalue weighted by molar-refractivity contribution is 5.96. The van der Waals surface area contributed by atoms with Crippen molar-refractivity contribution in [2.75, 3.05) is 7.05 Å². The van der Waals surface area contributed by atoms with Crippen LogP contribution in [0.25, 0.3) is 21.9 Å². The average Bonchev–Trinajstić information content (AvgIpc) is 2.61. The van der Waals surface area contributed by atoms with Gasteiger partial charge < -0.3 is 11.1 Å². The zero-order valence-electron chi connectivity index (χ0n) is 13.1. The second-order valence-corrected chi connectivity index (χ2v) is 5.63. The van der Waals surface area contributed by atoms with Gasteiger partial charge in [-0.2, -0.15) is 0 Å². The predicted molar refractivity (Wildman–Crippen MR) is 95.0 cm³/mol. The third kappa shape index (κ3) is 3.25. The largest absolute Gasteiger partial charge is 0.359 e. The van der Waals surface area contributed by atoms with E-state index >= 15 is 0 Å². The van der Waals surface area contributed by atoms with Crippen LogP contribution >= 0.6 is 0 Å². The Labute approximate surface area is 136 Å². The summed E-state index contributed by atoms with van der Waals surface area (Å²) >= 11 is 0. The standard InChI is InChI=1S/C20H20N2O/c1-22-20(23)13-19(21)16-11-9-15(10-12-16)18-8-4-6-14-5-2-3-7-17(14)18/h2-12,19H,13,21H2,1H3,(H,22,23). The number of nitrogens with two attached hydrogens (primary N) is 1. The fraction of sp³-hybridized carbons (Fsp3) is 0.150. The molecule has 3 rings (SSSR count). The van der Waals surface area contributed by atoms with Gasteiger partial charge in [-0.25, -0.2) is 0 Å². The Balaban J connectivity index is 1.91. The molecule has 0 saturated carbocycles. The Morgan fingerprint density at radius 3 is 2.43 bits per heavy atom. The third-order valence-corrected chi connectivity index (χ3v) is 4.12. The first-order valence-electron chi connectivity index (χ1n) is 7.73. The summed E-state index contributed by atoms with van der Waals surface area (Å²) in [5.74, 6) is -0.0457. The number of nitrogens with one attached hydrogen (secondary N) is 1. The molecule has 3 aromatic rings. The minimum Gasteiger partial charge on any atom is -0.359 e. The van der Waals surface area contributed by atoms with Gasteiger partial charge >= 0.3 is 0 Å². The van der Waals surface area contributed by atoms with E-state index in [1.54, 1.807) is 7.05 Å². The molecule has 1 unspecified atom stereocenters. The van der Waals surface area contributed by atoms with Crippen molar-refractivity contribution in [1.29, 1.82) is 0 Å². The monoisotopic (exact) mass is 304 g/mol. The normalized spacial score (nSPS) is 12.1. The van der Waals surface area contributed by atoms with Crippen LogP contribution in [-0.4, -0.2) is 13.0 Å². The van der Waals surface area contributed by atoms with E-state index in [0.29, 0.717) is 6.42 Å². The maximum Gasteiger partial charge on any atom is 0.221 e. The molecular weight excluding hydrogens is 284 g/mol. The van der Waals surface area contributed by atoms with Crippen molar-refractivity contribution in [2.45, 2.75) is 12.5 Å². The van der Waals surface area contributed by atoms with Gasteiger partial charge in [0.25, 0.3) is 0 Å². The van der Waals surface area contributed by atoms with Crippen LogP contribution in [0, 0.1) is 0 Å². The minimum atomic E-state index is -0.281. The lowest BCUT2D eigenvalue weighted by Crippen LogP contribution is -2.24. The Hall–Kier alpha value is -2.65. The molecule has 0 bridgehead atoms. The molecule has 0 radical (unpaired) electrons. The van der Waals surface area contributed by atoms with Crippen molar-refractivity contribution >= 4 is 16.7 Å². The van der Waals surface area contributed by atoms with E-state index in [0.717, 1.165) is 11.1 Å². The van der Waals surface area contributed by atoms with Gasteiger partial charge in [0.05, 0.1) is 0 Å². The molecule has 3 heteroatoms. The molecule has 0 fully saturated rings. The van der Waals surface area contributed by atoms with Crippen LogP contribution in [0.4, 0.5) is 0 Å². The highest BCUT2D eigenvalue weighted by Gasteiger charge is 2.11. The molecule has 0 aliphatic carbocycles. The summed E-state index contributed by atoms with van der Waals surface area (Å²) in [5.41, 5.74) is 9.41. The first-order chi connectivity index (χ1) is 11.2. The smallest absolute Gasteiger partial charge is 0.221 e. The predicted octanol–water partition coefficient (Wildman–Crippen LogP) is 3.64. The minimum absolute atomic E-state index is 0.0457. The van der Waals surface area contributed by atoms with E-state index in [-0.39, 0.29) is 11.9 Å². The molecule has 3 N–H and O–H groups in total. The van der Waals surface area contributed by atoms with Crippen molar-refractivity contribution < 1.29 is 4.79 Å². The molecule has 0 aromatic heterocycles. The zero-order valence-corrected chi connectivity index (χ0v) is 13.1. The number of fused-ring (bicyclic) bond motifs is 1. The zero-order chi connectivity index (χ0) is 16.2. The SMILES string of the molecule is CNC(=O)CC(N)c1ccc(-c2cccc3ccccc23)cc1. The van der Waals surface area contributed by atoms with Gasteiger partial charge in [0.2, 0.25) is 5.91 Å². The van der Waals surface area contributed by atoms with Crippen molar-refractivity contribution in [3.63, 3.8) is 0 Å². The Kier molecular flexibility index (Phi) is 4.40. The van der Waals surface area contributed by atoms with Crippen LogP contribution < -0.4 is 11.1 Å². The molecule has 0 aliphatic heterocycles. The number of carbonyl (C=O) groups is 1. The van der Waals surface area contributed by atoms with Crippen molar-refractivity contribution in [3.8, 4) is 11.1 Å². The van der Waals surface area contributed by atoms with Crippen LogP contribution in [0.2, 0.25) is 0 Å². The van der Waals surface area contributed by atoms with Gasteiger partial charge in [-0.1, -0.05) is 66.7 Å². The summed E-state index contributed by atoms with van der Waals surface area (Å²) in [7, 11) is 1.62. The molecular formula is C20H20N2O. The molecule has 0 spiro atoms. The quantitative estimate of drug-likeness (QED) is 0.773. The third-order valence-electron chi connectivity index (χ3n) is 4.12. The number of hydrogen-bond acceptors (Lipinski definition) is 2. The summed E-state index contributed by atoms with van der Waals surface area (Å²) in [5, 5.41) is 5.06. The first-order valence-corrected chi connectivity index (χ1v) is 7.73. The van der Waals surface area contributed by atoms with Crippen LogP contribution in [-0.2, 0) is 4.79 Å².